The van der Waals surface area contributed by atoms with Gasteiger partial charge in [-0.05, 0) is 36.6 Å². The van der Waals surface area contributed by atoms with Crippen LogP contribution in [0.4, 0.5) is 0 Å². The summed E-state index contributed by atoms with van der Waals surface area (Å²) in [4.78, 5) is 10.8. The molecule has 1 atom stereocenters. The van der Waals surface area contributed by atoms with Gasteiger partial charge in [-0.25, -0.2) is 0 Å². The number of benzene rings is 1. The van der Waals surface area contributed by atoms with Crippen LogP contribution in [0.15, 0.2) is 12.1 Å². The molecule has 1 aromatic rings. The fraction of sp³-hybridized carbons (Fsp3) is 0.417. The van der Waals surface area contributed by atoms with Crippen molar-refractivity contribution in [3.63, 3.8) is 0 Å². The van der Waals surface area contributed by atoms with Gasteiger partial charge in [-0.1, -0.05) is 18.5 Å². The van der Waals surface area contributed by atoms with Crippen molar-refractivity contribution in [1.82, 2.24) is 0 Å². The molecule has 0 aliphatic carbocycles. The summed E-state index contributed by atoms with van der Waals surface area (Å²) in [7, 11) is 1.58. The van der Waals surface area contributed by atoms with Gasteiger partial charge < -0.3 is 9.84 Å². The first kappa shape index (κ1) is 12.8. The second-order valence-electron chi connectivity index (χ2n) is 3.86. The van der Waals surface area contributed by atoms with Gasteiger partial charge in [0, 0.05) is 5.02 Å². The molecule has 0 radical (unpaired) electrons. The third kappa shape index (κ3) is 2.89. The standard InChI is InChI=1S/C12H15ClO3/c1-7-5-10(16-3)6-9(11(7)13)4-8(2)12(14)15/h5-6,8H,4H2,1-3H3,(H,14,15). The van der Waals surface area contributed by atoms with E-state index in [1.807, 2.05) is 13.0 Å². The zero-order valence-electron chi connectivity index (χ0n) is 9.58. The van der Waals surface area contributed by atoms with E-state index < -0.39 is 11.9 Å². The minimum Gasteiger partial charge on any atom is -0.497 e. The van der Waals surface area contributed by atoms with Crippen molar-refractivity contribution in [2.24, 2.45) is 5.92 Å². The molecule has 1 N–H and O–H groups in total. The lowest BCUT2D eigenvalue weighted by Crippen LogP contribution is -2.12. The van der Waals surface area contributed by atoms with E-state index in [1.165, 1.54) is 0 Å². The zero-order chi connectivity index (χ0) is 12.3. The normalized spacial score (nSPS) is 12.2. The molecule has 0 aliphatic heterocycles. The van der Waals surface area contributed by atoms with E-state index in [0.717, 1.165) is 11.1 Å². The molecule has 0 spiro atoms. The number of hydrogen-bond donors (Lipinski definition) is 1. The predicted molar refractivity (Wildman–Crippen MR) is 63.2 cm³/mol. The Hall–Kier alpha value is -1.22. The van der Waals surface area contributed by atoms with Gasteiger partial charge in [-0.3, -0.25) is 4.79 Å². The molecule has 0 aliphatic rings. The Kier molecular flexibility index (Phi) is 4.19. The number of carbonyl (C=O) groups is 1. The number of halogens is 1. The molecule has 4 heteroatoms. The van der Waals surface area contributed by atoms with Crippen LogP contribution < -0.4 is 4.74 Å². The predicted octanol–water partition coefficient (Wildman–Crippen LogP) is 2.92. The molecule has 3 nitrogen and oxygen atoms in total. The molecule has 0 heterocycles. The smallest absolute Gasteiger partial charge is 0.306 e. The highest BCUT2D eigenvalue weighted by atomic mass is 35.5. The lowest BCUT2D eigenvalue weighted by atomic mass is 9.99. The second-order valence-corrected chi connectivity index (χ2v) is 4.24. The lowest BCUT2D eigenvalue weighted by molar-refractivity contribution is -0.141. The molecule has 0 bridgehead atoms. The summed E-state index contributed by atoms with van der Waals surface area (Å²) in [6.45, 7) is 3.53. The fourth-order valence-electron chi connectivity index (χ4n) is 1.49. The van der Waals surface area contributed by atoms with Gasteiger partial charge in [0.2, 0.25) is 0 Å². The molecule has 1 aromatic carbocycles. The summed E-state index contributed by atoms with van der Waals surface area (Å²) < 4.78 is 5.13. The first-order valence-corrected chi connectivity index (χ1v) is 5.39. The Morgan fingerprint density at radius 1 is 1.56 bits per heavy atom. The van der Waals surface area contributed by atoms with Crippen molar-refractivity contribution in [3.05, 3.63) is 28.3 Å². The van der Waals surface area contributed by atoms with E-state index >= 15 is 0 Å². The van der Waals surface area contributed by atoms with Gasteiger partial charge in [-0.15, -0.1) is 0 Å². The Bertz CT molecular complexity index is 401. The van der Waals surface area contributed by atoms with Crippen molar-refractivity contribution < 1.29 is 14.6 Å². The quantitative estimate of drug-likeness (QED) is 0.883. The van der Waals surface area contributed by atoms with E-state index in [9.17, 15) is 4.79 Å². The Balaban J connectivity index is 3.03. The maximum absolute atomic E-state index is 10.8. The van der Waals surface area contributed by atoms with Crippen LogP contribution in [0.1, 0.15) is 18.1 Å². The summed E-state index contributed by atoms with van der Waals surface area (Å²) in [5.74, 6) is -0.574. The molecule has 16 heavy (non-hydrogen) atoms. The molecule has 0 saturated heterocycles. The second kappa shape index (κ2) is 5.21. The minimum atomic E-state index is -0.823. The maximum atomic E-state index is 10.8. The molecule has 0 saturated carbocycles. The summed E-state index contributed by atoms with van der Waals surface area (Å²) in [6.07, 6.45) is 0.409. The highest BCUT2D eigenvalue weighted by molar-refractivity contribution is 6.32. The molecule has 88 valence electrons. The summed E-state index contributed by atoms with van der Waals surface area (Å²) >= 11 is 6.12. The van der Waals surface area contributed by atoms with E-state index in [-0.39, 0.29) is 0 Å². The van der Waals surface area contributed by atoms with Crippen molar-refractivity contribution in [2.75, 3.05) is 7.11 Å². The molecular weight excluding hydrogens is 228 g/mol. The minimum absolute atomic E-state index is 0.409. The number of aliphatic carboxylic acids is 1. The van der Waals surface area contributed by atoms with Gasteiger partial charge >= 0.3 is 5.97 Å². The lowest BCUT2D eigenvalue weighted by Gasteiger charge is -2.12. The molecule has 1 rings (SSSR count). The van der Waals surface area contributed by atoms with Crippen LogP contribution >= 0.6 is 11.6 Å². The van der Waals surface area contributed by atoms with Crippen LogP contribution in [0, 0.1) is 12.8 Å². The van der Waals surface area contributed by atoms with Crippen LogP contribution in [0.2, 0.25) is 5.02 Å². The molecule has 0 fully saturated rings. The first-order chi connectivity index (χ1) is 7.45. The molecule has 0 amide bonds. The summed E-state index contributed by atoms with van der Waals surface area (Å²) in [6, 6.07) is 3.62. The van der Waals surface area contributed by atoms with Crippen LogP contribution in [0.25, 0.3) is 0 Å². The van der Waals surface area contributed by atoms with E-state index in [4.69, 9.17) is 21.4 Å². The van der Waals surface area contributed by atoms with E-state index in [2.05, 4.69) is 0 Å². The van der Waals surface area contributed by atoms with Gasteiger partial charge in [0.05, 0.1) is 13.0 Å². The fourth-order valence-corrected chi connectivity index (χ4v) is 1.68. The Labute approximate surface area is 100.0 Å². The van der Waals surface area contributed by atoms with Crippen molar-refractivity contribution in [2.45, 2.75) is 20.3 Å². The number of carboxylic acid groups (broad SMARTS) is 1. The monoisotopic (exact) mass is 242 g/mol. The van der Waals surface area contributed by atoms with Gasteiger partial charge in [0.25, 0.3) is 0 Å². The maximum Gasteiger partial charge on any atom is 0.306 e. The largest absolute Gasteiger partial charge is 0.497 e. The van der Waals surface area contributed by atoms with E-state index in [0.29, 0.717) is 17.2 Å². The van der Waals surface area contributed by atoms with Crippen molar-refractivity contribution in [1.29, 1.82) is 0 Å². The number of rotatable bonds is 4. The van der Waals surface area contributed by atoms with Crippen molar-refractivity contribution >= 4 is 17.6 Å². The highest BCUT2D eigenvalue weighted by Gasteiger charge is 2.15. The van der Waals surface area contributed by atoms with Gasteiger partial charge in [0.1, 0.15) is 5.75 Å². The topological polar surface area (TPSA) is 46.5 Å². The highest BCUT2D eigenvalue weighted by Crippen LogP contribution is 2.28. The zero-order valence-corrected chi connectivity index (χ0v) is 10.3. The third-order valence-corrected chi connectivity index (χ3v) is 3.03. The van der Waals surface area contributed by atoms with Gasteiger partial charge in [-0.2, -0.15) is 0 Å². The number of hydrogen-bond acceptors (Lipinski definition) is 2. The Morgan fingerprint density at radius 2 is 2.19 bits per heavy atom. The summed E-state index contributed by atoms with van der Waals surface area (Å²) in [5.41, 5.74) is 1.71. The van der Waals surface area contributed by atoms with Gasteiger partial charge in [0.15, 0.2) is 0 Å². The molecule has 1 unspecified atom stereocenters. The van der Waals surface area contributed by atoms with Crippen LogP contribution in [-0.4, -0.2) is 18.2 Å². The number of methoxy groups -OCH3 is 1. The molecular formula is C12H15ClO3. The van der Waals surface area contributed by atoms with Crippen molar-refractivity contribution in [3.8, 4) is 5.75 Å². The average molecular weight is 243 g/mol. The number of carboxylic acids is 1. The summed E-state index contributed by atoms with van der Waals surface area (Å²) in [5, 5.41) is 9.48. The van der Waals surface area contributed by atoms with E-state index in [1.54, 1.807) is 20.1 Å². The van der Waals surface area contributed by atoms with Crippen LogP contribution in [0.5, 0.6) is 5.75 Å². The van der Waals surface area contributed by atoms with Crippen LogP contribution in [-0.2, 0) is 11.2 Å². The first-order valence-electron chi connectivity index (χ1n) is 5.01. The average Bonchev–Trinajstić information content (AvgIpc) is 2.24. The number of aryl methyl sites for hydroxylation is 1. The number of ether oxygens (including phenoxy) is 1. The third-order valence-electron chi connectivity index (χ3n) is 2.49. The molecule has 0 aromatic heterocycles. The van der Waals surface area contributed by atoms with Crippen LogP contribution in [0.3, 0.4) is 0 Å². The SMILES string of the molecule is COc1cc(C)c(Cl)c(CC(C)C(=O)O)c1. The Morgan fingerprint density at radius 3 is 2.69 bits per heavy atom.